The van der Waals surface area contributed by atoms with Crippen molar-refractivity contribution in [3.05, 3.63) is 30.1 Å². The molecule has 3 heteroatoms. The zero-order valence-electron chi connectivity index (χ0n) is 7.79. The summed E-state index contributed by atoms with van der Waals surface area (Å²) in [5, 5.41) is 0. The Balaban J connectivity index is 2.24. The largest absolute Gasteiger partial charge is 0.312 e. The predicted molar refractivity (Wildman–Crippen MR) is 51.4 cm³/mol. The molecule has 0 spiro atoms. The van der Waals surface area contributed by atoms with Crippen LogP contribution in [-0.2, 0) is 4.79 Å². The summed E-state index contributed by atoms with van der Waals surface area (Å²) in [7, 11) is 0. The monoisotopic (exact) mass is 192 g/mol. The number of carbonyl (C=O) groups excluding carboxylic acids is 1. The Labute approximate surface area is 82.3 Å². The lowest BCUT2D eigenvalue weighted by molar-refractivity contribution is -0.119. The summed E-state index contributed by atoms with van der Waals surface area (Å²) in [6.07, 6.45) is 2.50. The molecule has 0 N–H and O–H groups in total. The molecule has 0 aromatic heterocycles. The number of piperidine rings is 1. The minimum Gasteiger partial charge on any atom is -0.312 e. The van der Waals surface area contributed by atoms with Gasteiger partial charge in [0.25, 0.3) is 0 Å². The summed E-state index contributed by atoms with van der Waals surface area (Å²) in [6.45, 7) is 0.697. The molecule has 0 unspecified atom stereocenters. The van der Waals surface area contributed by atoms with Crippen LogP contribution in [0.3, 0.4) is 0 Å². The highest BCUT2D eigenvalue weighted by atomic mass is 19.1. The molecule has 0 saturated carbocycles. The first-order chi connectivity index (χ1) is 6.77. The molecule has 14 heavy (non-hydrogen) atoms. The molecule has 2 rings (SSSR count). The molecule has 0 aliphatic carbocycles. The van der Waals surface area contributed by atoms with Crippen LogP contribution in [0, 0.1) is 11.9 Å². The Kier molecular flexibility index (Phi) is 2.48. The molecule has 1 saturated heterocycles. The normalized spacial score (nSPS) is 17.2. The highest BCUT2D eigenvalue weighted by Crippen LogP contribution is 2.20. The van der Waals surface area contributed by atoms with Gasteiger partial charge in [-0.05, 0) is 31.0 Å². The van der Waals surface area contributed by atoms with Gasteiger partial charge in [-0.2, -0.15) is 0 Å². The Morgan fingerprint density at radius 1 is 1.43 bits per heavy atom. The van der Waals surface area contributed by atoms with Crippen LogP contribution in [0.5, 0.6) is 0 Å². The van der Waals surface area contributed by atoms with Crippen molar-refractivity contribution in [3.8, 4) is 0 Å². The fourth-order valence-corrected chi connectivity index (χ4v) is 1.67. The van der Waals surface area contributed by atoms with E-state index in [4.69, 9.17) is 0 Å². The third-order valence-electron chi connectivity index (χ3n) is 2.39. The van der Waals surface area contributed by atoms with Gasteiger partial charge in [0.1, 0.15) is 5.82 Å². The van der Waals surface area contributed by atoms with Gasteiger partial charge in [-0.15, -0.1) is 0 Å². The Morgan fingerprint density at radius 2 is 2.29 bits per heavy atom. The van der Waals surface area contributed by atoms with Crippen LogP contribution in [-0.4, -0.2) is 12.5 Å². The van der Waals surface area contributed by atoms with E-state index in [2.05, 4.69) is 6.07 Å². The van der Waals surface area contributed by atoms with Crippen molar-refractivity contribution < 1.29 is 9.18 Å². The molecular weight excluding hydrogens is 181 g/mol. The van der Waals surface area contributed by atoms with Gasteiger partial charge in [-0.25, -0.2) is 4.39 Å². The number of rotatable bonds is 1. The second-order valence-electron chi connectivity index (χ2n) is 3.40. The lowest BCUT2D eigenvalue weighted by Gasteiger charge is -2.26. The molecule has 1 aliphatic heterocycles. The lowest BCUT2D eigenvalue weighted by atomic mass is 10.1. The lowest BCUT2D eigenvalue weighted by Crippen LogP contribution is -2.35. The average Bonchev–Trinajstić information content (AvgIpc) is 2.18. The summed E-state index contributed by atoms with van der Waals surface area (Å²) >= 11 is 0. The van der Waals surface area contributed by atoms with Gasteiger partial charge in [0.15, 0.2) is 0 Å². The van der Waals surface area contributed by atoms with Gasteiger partial charge in [0.05, 0.1) is 0 Å². The third-order valence-corrected chi connectivity index (χ3v) is 2.39. The maximum absolute atomic E-state index is 12.9. The van der Waals surface area contributed by atoms with Crippen molar-refractivity contribution in [1.29, 1.82) is 0 Å². The number of anilines is 1. The SMILES string of the molecule is O=C1CCCCN1c1cc[c]c(F)c1. The van der Waals surface area contributed by atoms with Crippen molar-refractivity contribution in [2.45, 2.75) is 19.3 Å². The number of nitrogens with zero attached hydrogens (tertiary/aromatic N) is 1. The quantitative estimate of drug-likeness (QED) is 0.667. The third kappa shape index (κ3) is 1.76. The van der Waals surface area contributed by atoms with E-state index in [0.717, 1.165) is 12.8 Å². The Hall–Kier alpha value is -1.38. The Morgan fingerprint density at radius 3 is 3.00 bits per heavy atom. The number of benzene rings is 1. The van der Waals surface area contributed by atoms with E-state index in [1.165, 1.54) is 12.1 Å². The van der Waals surface area contributed by atoms with E-state index in [9.17, 15) is 9.18 Å². The molecule has 73 valence electrons. The fourth-order valence-electron chi connectivity index (χ4n) is 1.67. The second-order valence-corrected chi connectivity index (χ2v) is 3.40. The second kappa shape index (κ2) is 3.78. The molecule has 1 aliphatic rings. The van der Waals surface area contributed by atoms with Crippen molar-refractivity contribution in [3.63, 3.8) is 0 Å². The van der Waals surface area contributed by atoms with Crippen LogP contribution in [0.1, 0.15) is 19.3 Å². The highest BCUT2D eigenvalue weighted by molar-refractivity contribution is 5.93. The van der Waals surface area contributed by atoms with Crippen LogP contribution in [0.25, 0.3) is 0 Å². The molecule has 1 fully saturated rings. The van der Waals surface area contributed by atoms with Gasteiger partial charge < -0.3 is 4.90 Å². The van der Waals surface area contributed by atoms with Gasteiger partial charge in [0, 0.05) is 24.7 Å². The van der Waals surface area contributed by atoms with Crippen molar-refractivity contribution in [1.82, 2.24) is 0 Å². The topological polar surface area (TPSA) is 20.3 Å². The number of carbonyl (C=O) groups is 1. The van der Waals surface area contributed by atoms with E-state index in [-0.39, 0.29) is 5.91 Å². The van der Waals surface area contributed by atoms with Gasteiger partial charge in [0.2, 0.25) is 5.91 Å². The maximum Gasteiger partial charge on any atom is 0.226 e. The van der Waals surface area contributed by atoms with E-state index < -0.39 is 5.82 Å². The molecule has 1 radical (unpaired) electrons. The van der Waals surface area contributed by atoms with Crippen molar-refractivity contribution in [2.24, 2.45) is 0 Å². The van der Waals surface area contributed by atoms with E-state index in [0.29, 0.717) is 18.7 Å². The van der Waals surface area contributed by atoms with Crippen LogP contribution in [0.2, 0.25) is 0 Å². The average molecular weight is 192 g/mol. The molecule has 1 aromatic rings. The molecule has 1 amide bonds. The van der Waals surface area contributed by atoms with E-state index >= 15 is 0 Å². The summed E-state index contributed by atoms with van der Waals surface area (Å²) in [5.74, 6) is -0.331. The molecule has 0 bridgehead atoms. The van der Waals surface area contributed by atoms with Crippen LogP contribution in [0.15, 0.2) is 18.2 Å². The van der Waals surface area contributed by atoms with Gasteiger partial charge in [-0.3, -0.25) is 4.79 Å². The molecular formula is C11H11FNO. The predicted octanol–water partition coefficient (Wildman–Crippen LogP) is 2.14. The standard InChI is InChI=1S/C11H11FNO/c12-9-4-3-5-10(8-9)13-7-2-1-6-11(13)14/h3,5,8H,1-2,6-7H2. The summed E-state index contributed by atoms with van der Waals surface area (Å²) < 4.78 is 12.9. The number of amides is 1. The highest BCUT2D eigenvalue weighted by Gasteiger charge is 2.19. The fraction of sp³-hybridized carbons (Fsp3) is 0.364. The molecule has 0 atom stereocenters. The number of hydrogen-bond donors (Lipinski definition) is 0. The Bertz CT molecular complexity index is 351. The van der Waals surface area contributed by atoms with Crippen LogP contribution >= 0.6 is 0 Å². The zero-order chi connectivity index (χ0) is 9.97. The van der Waals surface area contributed by atoms with E-state index in [1.54, 1.807) is 11.0 Å². The van der Waals surface area contributed by atoms with E-state index in [1.807, 2.05) is 0 Å². The van der Waals surface area contributed by atoms with Crippen molar-refractivity contribution >= 4 is 11.6 Å². The minimum atomic E-state index is -0.416. The first kappa shape index (κ1) is 9.19. The van der Waals surface area contributed by atoms with Crippen LogP contribution in [0.4, 0.5) is 10.1 Å². The minimum absolute atomic E-state index is 0.0850. The summed E-state index contributed by atoms with van der Waals surface area (Å²) in [5.41, 5.74) is 0.644. The summed E-state index contributed by atoms with van der Waals surface area (Å²) in [4.78, 5) is 13.1. The number of hydrogen-bond acceptors (Lipinski definition) is 1. The maximum atomic E-state index is 12.9. The van der Waals surface area contributed by atoms with Gasteiger partial charge >= 0.3 is 0 Å². The smallest absolute Gasteiger partial charge is 0.226 e. The molecule has 1 heterocycles. The molecule has 2 nitrogen and oxygen atoms in total. The van der Waals surface area contributed by atoms with Gasteiger partial charge in [-0.1, -0.05) is 0 Å². The number of halogens is 1. The summed E-state index contributed by atoms with van der Waals surface area (Å²) in [6, 6.07) is 6.99. The first-order valence-corrected chi connectivity index (χ1v) is 4.75. The first-order valence-electron chi connectivity index (χ1n) is 4.75. The zero-order valence-corrected chi connectivity index (χ0v) is 7.79. The van der Waals surface area contributed by atoms with Crippen molar-refractivity contribution in [2.75, 3.05) is 11.4 Å². The van der Waals surface area contributed by atoms with Crippen LogP contribution < -0.4 is 4.90 Å². The molecule has 1 aromatic carbocycles.